The van der Waals surface area contributed by atoms with Gasteiger partial charge >= 0.3 is 5.97 Å². The summed E-state index contributed by atoms with van der Waals surface area (Å²) in [5.41, 5.74) is 0. The van der Waals surface area contributed by atoms with Gasteiger partial charge in [0.2, 0.25) is 10.0 Å². The van der Waals surface area contributed by atoms with Crippen LogP contribution in [0.5, 0.6) is 0 Å². The standard InChI is InChI=1S/C11H12Cl3NO4S2/c1-20-3-2-9(11(16)17)15-21(18,19)10-7(13)4-6(12)5-8(10)14/h4-5,9,15H,2-3H2,1H3,(H,16,17)/t9-/m1/s1. The molecule has 0 aromatic heterocycles. The lowest BCUT2D eigenvalue weighted by atomic mass is 10.2. The summed E-state index contributed by atoms with van der Waals surface area (Å²) < 4.78 is 26.6. The van der Waals surface area contributed by atoms with Gasteiger partial charge in [0.25, 0.3) is 0 Å². The topological polar surface area (TPSA) is 83.5 Å². The van der Waals surface area contributed by atoms with E-state index in [9.17, 15) is 13.2 Å². The average Bonchev–Trinajstić information content (AvgIpc) is 2.32. The van der Waals surface area contributed by atoms with E-state index in [4.69, 9.17) is 39.9 Å². The van der Waals surface area contributed by atoms with Crippen LogP contribution in [-0.4, -0.2) is 37.5 Å². The molecule has 118 valence electrons. The van der Waals surface area contributed by atoms with Gasteiger partial charge in [0.15, 0.2) is 0 Å². The molecule has 5 nitrogen and oxygen atoms in total. The molecule has 0 bridgehead atoms. The minimum atomic E-state index is -4.18. The maximum Gasteiger partial charge on any atom is 0.321 e. The van der Waals surface area contributed by atoms with Crippen LogP contribution in [0, 0.1) is 0 Å². The molecule has 1 aromatic carbocycles. The van der Waals surface area contributed by atoms with Gasteiger partial charge in [-0.2, -0.15) is 16.5 Å². The number of carboxylic acid groups (broad SMARTS) is 1. The molecule has 0 heterocycles. The maximum atomic E-state index is 12.3. The Kier molecular flexibility index (Phi) is 7.09. The van der Waals surface area contributed by atoms with Crippen LogP contribution in [0.1, 0.15) is 6.42 Å². The number of sulfonamides is 1. The number of aliphatic carboxylic acids is 1. The van der Waals surface area contributed by atoms with Crippen molar-refractivity contribution in [3.05, 3.63) is 27.2 Å². The molecule has 10 heteroatoms. The number of carbonyl (C=O) groups is 1. The Hall–Kier alpha value is -0.180. The zero-order chi connectivity index (χ0) is 16.2. The van der Waals surface area contributed by atoms with Crippen LogP contribution in [-0.2, 0) is 14.8 Å². The minimum Gasteiger partial charge on any atom is -0.480 e. The van der Waals surface area contributed by atoms with Crippen LogP contribution in [0.2, 0.25) is 15.1 Å². The lowest BCUT2D eigenvalue weighted by Crippen LogP contribution is -2.41. The molecule has 1 atom stereocenters. The number of thioether (sulfide) groups is 1. The first-order chi connectivity index (χ1) is 9.69. The molecule has 0 unspecified atom stereocenters. The summed E-state index contributed by atoms with van der Waals surface area (Å²) in [7, 11) is -4.18. The Morgan fingerprint density at radius 1 is 1.33 bits per heavy atom. The van der Waals surface area contributed by atoms with Gasteiger partial charge in [-0.1, -0.05) is 34.8 Å². The van der Waals surface area contributed by atoms with Crippen LogP contribution in [0.3, 0.4) is 0 Å². The van der Waals surface area contributed by atoms with Gasteiger partial charge in [-0.3, -0.25) is 4.79 Å². The number of hydrogen-bond donors (Lipinski definition) is 2. The fourth-order valence-corrected chi connectivity index (χ4v) is 4.74. The highest BCUT2D eigenvalue weighted by atomic mass is 35.5. The number of hydrogen-bond acceptors (Lipinski definition) is 4. The van der Waals surface area contributed by atoms with Gasteiger partial charge in [0.05, 0.1) is 10.0 Å². The van der Waals surface area contributed by atoms with E-state index in [1.165, 1.54) is 23.9 Å². The van der Waals surface area contributed by atoms with Gasteiger partial charge in [-0.15, -0.1) is 0 Å². The summed E-state index contributed by atoms with van der Waals surface area (Å²) in [6.45, 7) is 0. The van der Waals surface area contributed by atoms with E-state index in [0.29, 0.717) is 5.75 Å². The van der Waals surface area contributed by atoms with Crippen molar-refractivity contribution in [2.75, 3.05) is 12.0 Å². The Balaban J connectivity index is 3.14. The average molecular weight is 393 g/mol. The first kappa shape index (κ1) is 18.9. The van der Waals surface area contributed by atoms with E-state index in [-0.39, 0.29) is 26.4 Å². The van der Waals surface area contributed by atoms with Crippen LogP contribution in [0.15, 0.2) is 17.0 Å². The van der Waals surface area contributed by atoms with E-state index < -0.39 is 22.0 Å². The molecule has 0 amide bonds. The fraction of sp³-hybridized carbons (Fsp3) is 0.364. The normalized spacial score (nSPS) is 13.1. The number of halogens is 3. The second kappa shape index (κ2) is 7.89. The van der Waals surface area contributed by atoms with Crippen LogP contribution in [0.4, 0.5) is 0 Å². The van der Waals surface area contributed by atoms with Crippen molar-refractivity contribution in [3.8, 4) is 0 Å². The van der Waals surface area contributed by atoms with Crippen molar-refractivity contribution in [2.45, 2.75) is 17.4 Å². The Morgan fingerprint density at radius 3 is 2.29 bits per heavy atom. The summed E-state index contributed by atoms with van der Waals surface area (Å²) in [4.78, 5) is 10.7. The summed E-state index contributed by atoms with van der Waals surface area (Å²) in [5, 5.41) is 8.91. The summed E-state index contributed by atoms with van der Waals surface area (Å²) in [5.74, 6) is -0.782. The van der Waals surface area contributed by atoms with E-state index in [2.05, 4.69) is 4.72 Å². The van der Waals surface area contributed by atoms with Crippen molar-refractivity contribution in [1.29, 1.82) is 0 Å². The number of benzene rings is 1. The van der Waals surface area contributed by atoms with Crippen molar-refractivity contribution in [2.24, 2.45) is 0 Å². The largest absolute Gasteiger partial charge is 0.480 e. The van der Waals surface area contributed by atoms with E-state index >= 15 is 0 Å². The van der Waals surface area contributed by atoms with Gasteiger partial charge in [-0.05, 0) is 30.6 Å². The highest BCUT2D eigenvalue weighted by Gasteiger charge is 2.28. The highest BCUT2D eigenvalue weighted by Crippen LogP contribution is 2.32. The van der Waals surface area contributed by atoms with Crippen LogP contribution in [0.25, 0.3) is 0 Å². The fourth-order valence-electron chi connectivity index (χ4n) is 1.50. The third kappa shape index (κ3) is 5.19. The molecule has 0 saturated heterocycles. The molecule has 2 N–H and O–H groups in total. The second-order valence-electron chi connectivity index (χ2n) is 3.99. The molecular formula is C11H12Cl3NO4S2. The van der Waals surface area contributed by atoms with Crippen molar-refractivity contribution in [1.82, 2.24) is 4.72 Å². The van der Waals surface area contributed by atoms with Crippen molar-refractivity contribution < 1.29 is 18.3 Å². The quantitative estimate of drug-likeness (QED) is 0.745. The first-order valence-corrected chi connectivity index (χ1v) is 9.58. The molecule has 0 aliphatic rings. The SMILES string of the molecule is CSCC[C@@H](NS(=O)(=O)c1c(Cl)cc(Cl)cc1Cl)C(=O)O. The minimum absolute atomic E-state index is 0.137. The Bertz CT molecular complexity index is 613. The van der Waals surface area contributed by atoms with Crippen molar-refractivity contribution in [3.63, 3.8) is 0 Å². The van der Waals surface area contributed by atoms with E-state index in [0.717, 1.165) is 0 Å². The lowest BCUT2D eigenvalue weighted by molar-refractivity contribution is -0.139. The maximum absolute atomic E-state index is 12.3. The van der Waals surface area contributed by atoms with Crippen LogP contribution >= 0.6 is 46.6 Å². The second-order valence-corrected chi connectivity index (χ2v) is 7.88. The van der Waals surface area contributed by atoms with Gasteiger partial charge in [-0.25, -0.2) is 8.42 Å². The predicted octanol–water partition coefficient (Wildman–Crippen LogP) is 3.13. The molecule has 1 aromatic rings. The zero-order valence-electron chi connectivity index (χ0n) is 10.8. The smallest absolute Gasteiger partial charge is 0.321 e. The summed E-state index contributed by atoms with van der Waals surface area (Å²) >= 11 is 18.8. The summed E-state index contributed by atoms with van der Waals surface area (Å²) in [6, 6.07) is 1.19. The number of carboxylic acids is 1. The monoisotopic (exact) mass is 391 g/mol. The molecule has 0 aliphatic carbocycles. The van der Waals surface area contributed by atoms with Crippen molar-refractivity contribution >= 4 is 62.6 Å². The first-order valence-electron chi connectivity index (χ1n) is 5.57. The molecule has 0 radical (unpaired) electrons. The molecular weight excluding hydrogens is 381 g/mol. The van der Waals surface area contributed by atoms with Gasteiger partial charge in [0.1, 0.15) is 10.9 Å². The molecule has 21 heavy (non-hydrogen) atoms. The number of nitrogens with one attached hydrogen (secondary N) is 1. The Labute approximate surface area is 142 Å². The van der Waals surface area contributed by atoms with E-state index in [1.807, 2.05) is 0 Å². The molecule has 0 aliphatic heterocycles. The third-order valence-corrected chi connectivity index (χ3v) is 5.69. The Morgan fingerprint density at radius 2 is 1.86 bits per heavy atom. The zero-order valence-corrected chi connectivity index (χ0v) is 14.7. The molecule has 0 spiro atoms. The number of rotatable bonds is 7. The van der Waals surface area contributed by atoms with E-state index in [1.54, 1.807) is 6.26 Å². The predicted molar refractivity (Wildman–Crippen MR) is 86.2 cm³/mol. The van der Waals surface area contributed by atoms with Gasteiger partial charge in [0, 0.05) is 5.02 Å². The molecule has 0 saturated carbocycles. The molecule has 0 fully saturated rings. The highest BCUT2D eigenvalue weighted by molar-refractivity contribution is 7.98. The van der Waals surface area contributed by atoms with Crippen LogP contribution < -0.4 is 4.72 Å². The molecule has 1 rings (SSSR count). The lowest BCUT2D eigenvalue weighted by Gasteiger charge is -2.16. The van der Waals surface area contributed by atoms with Gasteiger partial charge < -0.3 is 5.11 Å². The summed E-state index contributed by atoms with van der Waals surface area (Å²) in [6.07, 6.45) is 1.93. The third-order valence-electron chi connectivity index (χ3n) is 2.44.